The largest absolute Gasteiger partial charge is 0.334 e. The Balaban J connectivity index is 1.51. The molecule has 0 saturated heterocycles. The van der Waals surface area contributed by atoms with Gasteiger partial charge in [0.15, 0.2) is 5.69 Å². The third-order valence-electron chi connectivity index (χ3n) is 4.89. The average Bonchev–Trinajstić information content (AvgIpc) is 3.27. The van der Waals surface area contributed by atoms with Gasteiger partial charge in [-0.15, -0.1) is 11.3 Å². The van der Waals surface area contributed by atoms with Gasteiger partial charge in [-0.05, 0) is 25.7 Å². The Hall–Kier alpha value is -2.47. The summed E-state index contributed by atoms with van der Waals surface area (Å²) in [5.41, 5.74) is 4.99. The quantitative estimate of drug-likeness (QED) is 0.707. The van der Waals surface area contributed by atoms with Gasteiger partial charge in [0, 0.05) is 36.3 Å². The van der Waals surface area contributed by atoms with Gasteiger partial charge >= 0.3 is 0 Å². The van der Waals surface area contributed by atoms with Gasteiger partial charge < -0.3 is 4.90 Å². The molecule has 0 radical (unpaired) electrons. The normalized spacial score (nSPS) is 13.5. The molecule has 2 aromatic heterocycles. The summed E-state index contributed by atoms with van der Waals surface area (Å²) in [4.78, 5) is 19.3. The number of hydrogen-bond acceptors (Lipinski definition) is 4. The third-order valence-corrected chi connectivity index (χ3v) is 5.83. The number of nitrogens with zero attached hydrogens (tertiary/aromatic N) is 4. The van der Waals surface area contributed by atoms with E-state index < -0.39 is 0 Å². The van der Waals surface area contributed by atoms with Crippen molar-refractivity contribution in [3.63, 3.8) is 0 Å². The zero-order valence-corrected chi connectivity index (χ0v) is 15.9. The summed E-state index contributed by atoms with van der Waals surface area (Å²) in [6, 6.07) is 10.1. The van der Waals surface area contributed by atoms with Crippen molar-refractivity contribution in [1.29, 1.82) is 0 Å². The van der Waals surface area contributed by atoms with E-state index in [4.69, 9.17) is 0 Å². The van der Waals surface area contributed by atoms with Crippen LogP contribution < -0.4 is 0 Å². The molecular weight excluding hydrogens is 344 g/mol. The van der Waals surface area contributed by atoms with Crippen molar-refractivity contribution < 1.29 is 4.79 Å². The number of fused-ring (bicyclic) bond motifs is 1. The second-order valence-electron chi connectivity index (χ2n) is 6.78. The number of aromatic nitrogens is 3. The van der Waals surface area contributed by atoms with E-state index in [0.29, 0.717) is 12.2 Å². The number of carbonyl (C=O) groups excluding carboxylic acids is 1. The van der Waals surface area contributed by atoms with Gasteiger partial charge in [-0.3, -0.25) is 9.48 Å². The van der Waals surface area contributed by atoms with Crippen LogP contribution in [-0.2, 0) is 26.4 Å². The van der Waals surface area contributed by atoms with Crippen LogP contribution >= 0.6 is 11.3 Å². The molecule has 0 saturated carbocycles. The molecule has 0 spiro atoms. The second kappa shape index (κ2) is 7.03. The van der Waals surface area contributed by atoms with Crippen LogP contribution in [0.5, 0.6) is 0 Å². The molecule has 1 aliphatic carbocycles. The smallest absolute Gasteiger partial charge is 0.274 e. The summed E-state index contributed by atoms with van der Waals surface area (Å²) in [7, 11) is 3.77. The lowest BCUT2D eigenvalue weighted by Gasteiger charge is -2.17. The van der Waals surface area contributed by atoms with Crippen molar-refractivity contribution in [2.24, 2.45) is 7.05 Å². The maximum Gasteiger partial charge on any atom is 0.274 e. The highest BCUT2D eigenvalue weighted by Crippen LogP contribution is 2.26. The van der Waals surface area contributed by atoms with E-state index in [-0.39, 0.29) is 5.91 Å². The summed E-state index contributed by atoms with van der Waals surface area (Å²) in [5, 5.41) is 7.53. The fourth-order valence-corrected chi connectivity index (χ4v) is 4.35. The molecule has 3 aromatic rings. The monoisotopic (exact) mass is 366 g/mol. The highest BCUT2D eigenvalue weighted by molar-refractivity contribution is 7.13. The maximum absolute atomic E-state index is 12.9. The van der Waals surface area contributed by atoms with Gasteiger partial charge in [0.2, 0.25) is 0 Å². The van der Waals surface area contributed by atoms with E-state index in [1.165, 1.54) is 12.1 Å². The lowest BCUT2D eigenvalue weighted by atomic mass is 9.95. The minimum absolute atomic E-state index is 0.0157. The summed E-state index contributed by atoms with van der Waals surface area (Å²) < 4.78 is 1.88. The summed E-state index contributed by atoms with van der Waals surface area (Å²) >= 11 is 1.61. The van der Waals surface area contributed by atoms with E-state index in [0.717, 1.165) is 41.1 Å². The summed E-state index contributed by atoms with van der Waals surface area (Å²) in [5.74, 6) is -0.0157. The van der Waals surface area contributed by atoms with E-state index in [1.807, 2.05) is 42.4 Å². The predicted octanol–water partition coefficient (Wildman–Crippen LogP) is 3.69. The van der Waals surface area contributed by atoms with Gasteiger partial charge in [-0.1, -0.05) is 30.3 Å². The molecule has 134 valence electrons. The van der Waals surface area contributed by atoms with E-state index in [2.05, 4.69) is 22.2 Å². The van der Waals surface area contributed by atoms with Crippen molar-refractivity contribution >= 4 is 17.2 Å². The minimum Gasteiger partial charge on any atom is -0.334 e. The SMILES string of the molecule is CN(Cc1csc(-c2ccccc2)n1)C(=O)c1nn(C)c2c1CCCC2. The first-order chi connectivity index (χ1) is 12.6. The minimum atomic E-state index is -0.0157. The first-order valence-electron chi connectivity index (χ1n) is 8.93. The molecule has 0 bridgehead atoms. The molecule has 0 unspecified atom stereocenters. The van der Waals surface area contributed by atoms with Crippen molar-refractivity contribution in [2.75, 3.05) is 7.05 Å². The van der Waals surface area contributed by atoms with Gasteiger partial charge in [-0.25, -0.2) is 4.98 Å². The van der Waals surface area contributed by atoms with Crippen LogP contribution in [0.1, 0.15) is 40.3 Å². The lowest BCUT2D eigenvalue weighted by molar-refractivity contribution is 0.0776. The number of thiazole rings is 1. The Morgan fingerprint density at radius 3 is 2.81 bits per heavy atom. The van der Waals surface area contributed by atoms with Gasteiger partial charge in [0.1, 0.15) is 5.01 Å². The summed E-state index contributed by atoms with van der Waals surface area (Å²) in [6.45, 7) is 0.494. The Labute approximate surface area is 157 Å². The first kappa shape index (κ1) is 17.0. The van der Waals surface area contributed by atoms with Gasteiger partial charge in [0.05, 0.1) is 12.2 Å². The molecule has 1 aromatic carbocycles. The Kier molecular flexibility index (Phi) is 4.59. The molecule has 6 heteroatoms. The number of rotatable bonds is 4. The van der Waals surface area contributed by atoms with E-state index >= 15 is 0 Å². The van der Waals surface area contributed by atoms with Crippen molar-refractivity contribution in [3.05, 3.63) is 58.4 Å². The van der Waals surface area contributed by atoms with Gasteiger partial charge in [0.25, 0.3) is 5.91 Å². The standard InChI is InChI=1S/C20H22N4OS/c1-23(12-15-13-26-19(21-15)14-8-4-3-5-9-14)20(25)18-16-10-6-7-11-17(16)24(2)22-18/h3-5,8-9,13H,6-7,10-12H2,1-2H3. The molecule has 0 N–H and O–H groups in total. The van der Waals surface area contributed by atoms with Crippen LogP contribution in [0.15, 0.2) is 35.7 Å². The maximum atomic E-state index is 12.9. The molecule has 0 fully saturated rings. The molecule has 4 rings (SSSR count). The number of carbonyl (C=O) groups is 1. The van der Waals surface area contributed by atoms with Crippen LogP contribution in [-0.4, -0.2) is 32.6 Å². The number of hydrogen-bond donors (Lipinski definition) is 0. The number of benzene rings is 1. The Morgan fingerprint density at radius 2 is 2.00 bits per heavy atom. The highest BCUT2D eigenvalue weighted by Gasteiger charge is 2.26. The fraction of sp³-hybridized carbons (Fsp3) is 0.350. The molecule has 5 nitrogen and oxygen atoms in total. The van der Waals surface area contributed by atoms with Crippen molar-refractivity contribution in [2.45, 2.75) is 32.2 Å². The average molecular weight is 366 g/mol. The van der Waals surface area contributed by atoms with Gasteiger partial charge in [-0.2, -0.15) is 5.10 Å². The third kappa shape index (κ3) is 3.17. The Morgan fingerprint density at radius 1 is 1.23 bits per heavy atom. The number of amides is 1. The van der Waals surface area contributed by atoms with Crippen LogP contribution in [0.4, 0.5) is 0 Å². The van der Waals surface area contributed by atoms with Crippen LogP contribution in [0.3, 0.4) is 0 Å². The second-order valence-corrected chi connectivity index (χ2v) is 7.63. The zero-order valence-electron chi connectivity index (χ0n) is 15.1. The first-order valence-corrected chi connectivity index (χ1v) is 9.81. The molecule has 1 amide bonds. The van der Waals surface area contributed by atoms with Crippen molar-refractivity contribution in [3.8, 4) is 10.6 Å². The van der Waals surface area contributed by atoms with E-state index in [1.54, 1.807) is 16.2 Å². The van der Waals surface area contributed by atoms with Crippen molar-refractivity contribution in [1.82, 2.24) is 19.7 Å². The van der Waals surface area contributed by atoms with Crippen LogP contribution in [0.2, 0.25) is 0 Å². The molecule has 0 aliphatic heterocycles. The number of aryl methyl sites for hydroxylation is 1. The molecule has 26 heavy (non-hydrogen) atoms. The Bertz CT molecular complexity index is 929. The summed E-state index contributed by atoms with van der Waals surface area (Å²) in [6.07, 6.45) is 4.28. The molecule has 1 aliphatic rings. The van der Waals surface area contributed by atoms with E-state index in [9.17, 15) is 4.79 Å². The highest BCUT2D eigenvalue weighted by atomic mass is 32.1. The fourth-order valence-electron chi connectivity index (χ4n) is 3.53. The van der Waals surface area contributed by atoms with Crippen LogP contribution in [0.25, 0.3) is 10.6 Å². The molecule has 0 atom stereocenters. The topological polar surface area (TPSA) is 51.0 Å². The van der Waals surface area contributed by atoms with Crippen LogP contribution in [0, 0.1) is 0 Å². The molecular formula is C20H22N4OS. The predicted molar refractivity (Wildman–Crippen MR) is 103 cm³/mol. The molecule has 2 heterocycles. The zero-order chi connectivity index (χ0) is 18.1. The lowest BCUT2D eigenvalue weighted by Crippen LogP contribution is -2.28.